The van der Waals surface area contributed by atoms with Gasteiger partial charge in [-0.15, -0.1) is 0 Å². The third kappa shape index (κ3) is 3.12. The summed E-state index contributed by atoms with van der Waals surface area (Å²) in [5.41, 5.74) is -0.725. The minimum Gasteiger partial charge on any atom is -0.462 e. The number of fused-ring (bicyclic) bond motifs is 1. The van der Waals surface area contributed by atoms with Gasteiger partial charge in [-0.25, -0.2) is 13.6 Å². The molecule has 0 radical (unpaired) electrons. The molecule has 130 valence electrons. The van der Waals surface area contributed by atoms with E-state index in [-0.39, 0.29) is 39.9 Å². The Morgan fingerprint density at radius 2 is 2.08 bits per heavy atom. The van der Waals surface area contributed by atoms with Gasteiger partial charge in [-0.2, -0.15) is 5.26 Å². The second-order valence-electron chi connectivity index (χ2n) is 5.56. The van der Waals surface area contributed by atoms with Gasteiger partial charge in [-0.1, -0.05) is 11.8 Å². The van der Waals surface area contributed by atoms with Crippen LogP contribution < -0.4 is 5.43 Å². The van der Waals surface area contributed by atoms with E-state index >= 15 is 0 Å². The van der Waals surface area contributed by atoms with Gasteiger partial charge in [0.2, 0.25) is 5.43 Å². The lowest BCUT2D eigenvalue weighted by molar-refractivity contribution is 0.0519. The first-order valence-electron chi connectivity index (χ1n) is 7.73. The fraction of sp³-hybridized carbons (Fsp3) is 0.353. The lowest BCUT2D eigenvalue weighted by Gasteiger charge is -2.18. The summed E-state index contributed by atoms with van der Waals surface area (Å²) in [6.07, 6.45) is 1.58. The number of rotatable bonds is 5. The summed E-state index contributed by atoms with van der Waals surface area (Å²) in [6, 6.07) is 3.71. The molecule has 8 heteroatoms. The van der Waals surface area contributed by atoms with Gasteiger partial charge in [0.25, 0.3) is 0 Å². The Morgan fingerprint density at radius 1 is 1.40 bits per heavy atom. The molecule has 0 saturated heterocycles. The Balaban J connectivity index is 2.40. The zero-order valence-electron chi connectivity index (χ0n) is 13.3. The van der Waals surface area contributed by atoms with E-state index in [9.17, 15) is 18.4 Å². The fourth-order valence-corrected chi connectivity index (χ4v) is 3.61. The molecule has 0 bridgehead atoms. The summed E-state index contributed by atoms with van der Waals surface area (Å²) in [5.74, 6) is -3.04. The van der Waals surface area contributed by atoms with Gasteiger partial charge < -0.3 is 9.30 Å². The molecule has 1 aliphatic rings. The number of nitriles is 1. The number of halogens is 2. The lowest BCUT2D eigenvalue weighted by Crippen LogP contribution is -2.24. The van der Waals surface area contributed by atoms with E-state index in [2.05, 4.69) is 0 Å². The number of esters is 1. The molecule has 1 aromatic carbocycles. The van der Waals surface area contributed by atoms with Crippen molar-refractivity contribution in [3.05, 3.63) is 39.6 Å². The van der Waals surface area contributed by atoms with Crippen LogP contribution in [0.1, 0.15) is 36.2 Å². The van der Waals surface area contributed by atoms with Crippen LogP contribution in [0.5, 0.6) is 0 Å². The highest BCUT2D eigenvalue weighted by molar-refractivity contribution is 7.99. The Hall–Kier alpha value is -2.40. The highest BCUT2D eigenvalue weighted by atomic mass is 32.2. The molecular weight excluding hydrogens is 350 g/mol. The van der Waals surface area contributed by atoms with Gasteiger partial charge >= 0.3 is 5.97 Å². The van der Waals surface area contributed by atoms with Gasteiger partial charge in [0.05, 0.1) is 29.0 Å². The number of nitrogens with zero attached hydrogens (tertiary/aromatic N) is 2. The normalized spacial score (nSPS) is 13.7. The molecule has 0 N–H and O–H groups in total. The van der Waals surface area contributed by atoms with Crippen molar-refractivity contribution >= 4 is 28.6 Å². The Kier molecular flexibility index (Phi) is 4.77. The molecule has 0 amide bonds. The number of pyridine rings is 1. The molecule has 2 aromatic rings. The van der Waals surface area contributed by atoms with Gasteiger partial charge in [0.15, 0.2) is 11.6 Å². The van der Waals surface area contributed by atoms with Crippen LogP contribution in [0.25, 0.3) is 10.9 Å². The summed E-state index contributed by atoms with van der Waals surface area (Å²) in [6.45, 7) is 1.68. The Bertz CT molecular complexity index is 961. The van der Waals surface area contributed by atoms with E-state index in [0.29, 0.717) is 0 Å². The number of hydrogen-bond donors (Lipinski definition) is 0. The summed E-state index contributed by atoms with van der Waals surface area (Å²) in [5, 5.41) is 9.08. The lowest BCUT2D eigenvalue weighted by atomic mass is 10.1. The molecule has 25 heavy (non-hydrogen) atoms. The third-order valence-corrected chi connectivity index (χ3v) is 4.82. The summed E-state index contributed by atoms with van der Waals surface area (Å²) < 4.78 is 34.1. The number of ether oxygens (including phenoxy) is 1. The predicted octanol–water partition coefficient (Wildman–Crippen LogP) is 3.41. The van der Waals surface area contributed by atoms with Crippen molar-refractivity contribution in [2.75, 3.05) is 12.4 Å². The van der Waals surface area contributed by atoms with Crippen molar-refractivity contribution < 1.29 is 18.3 Å². The Morgan fingerprint density at radius 3 is 2.68 bits per heavy atom. The van der Waals surface area contributed by atoms with Crippen LogP contribution in [0, 0.1) is 23.0 Å². The largest absolute Gasteiger partial charge is 0.462 e. The van der Waals surface area contributed by atoms with Crippen LogP contribution >= 0.6 is 11.8 Å². The van der Waals surface area contributed by atoms with E-state index in [1.807, 2.05) is 6.07 Å². The van der Waals surface area contributed by atoms with E-state index in [4.69, 9.17) is 10.00 Å². The maximum absolute atomic E-state index is 13.8. The van der Waals surface area contributed by atoms with E-state index < -0.39 is 23.0 Å². The first kappa shape index (κ1) is 17.4. The fourth-order valence-electron chi connectivity index (χ4n) is 2.70. The summed E-state index contributed by atoms with van der Waals surface area (Å²) in [7, 11) is 0. The standard InChI is InChI=1S/C17H14F2N2O3S/c1-2-24-17(23)14-15(22)10-7-11(18)12(19)8-13(10)21(9-3-4-9)16(14)25-6-5-20/h7-9H,2-4,6H2,1H3. The SMILES string of the molecule is CCOC(=O)c1c(SCC#N)n(C2CC2)c2cc(F)c(F)cc2c1=O. The van der Waals surface area contributed by atoms with E-state index in [1.165, 1.54) is 0 Å². The highest BCUT2D eigenvalue weighted by Crippen LogP contribution is 2.41. The molecular formula is C17H14F2N2O3S. The minimum absolute atomic E-state index is 0.00769. The van der Waals surface area contributed by atoms with Crippen LogP contribution in [0.2, 0.25) is 0 Å². The molecule has 0 unspecified atom stereocenters. The van der Waals surface area contributed by atoms with Crippen LogP contribution in [-0.4, -0.2) is 22.9 Å². The molecule has 0 aliphatic heterocycles. The number of aromatic nitrogens is 1. The number of hydrogen-bond acceptors (Lipinski definition) is 5. The first-order valence-corrected chi connectivity index (χ1v) is 8.72. The number of benzene rings is 1. The summed E-state index contributed by atoms with van der Waals surface area (Å²) >= 11 is 1.02. The van der Waals surface area contributed by atoms with Crippen LogP contribution in [0.4, 0.5) is 8.78 Å². The van der Waals surface area contributed by atoms with Crippen molar-refractivity contribution in [3.63, 3.8) is 0 Å². The second-order valence-corrected chi connectivity index (χ2v) is 6.53. The average Bonchev–Trinajstić information content (AvgIpc) is 3.40. The smallest absolute Gasteiger partial charge is 0.344 e. The van der Waals surface area contributed by atoms with Crippen molar-refractivity contribution in [2.45, 2.75) is 30.8 Å². The molecule has 0 atom stereocenters. The minimum atomic E-state index is -1.15. The van der Waals surface area contributed by atoms with Crippen molar-refractivity contribution in [2.24, 2.45) is 0 Å². The van der Waals surface area contributed by atoms with Crippen LogP contribution in [0.3, 0.4) is 0 Å². The Labute approximate surface area is 146 Å². The van der Waals surface area contributed by atoms with E-state index in [0.717, 1.165) is 36.7 Å². The number of carbonyl (C=O) groups is 1. The van der Waals surface area contributed by atoms with Crippen LogP contribution in [0.15, 0.2) is 22.0 Å². The van der Waals surface area contributed by atoms with Gasteiger partial charge in [0, 0.05) is 17.5 Å². The third-order valence-electron chi connectivity index (χ3n) is 3.87. The molecule has 1 fully saturated rings. The molecule has 1 heterocycles. The predicted molar refractivity (Wildman–Crippen MR) is 88.7 cm³/mol. The quantitative estimate of drug-likeness (QED) is 0.601. The average molecular weight is 364 g/mol. The molecule has 0 spiro atoms. The molecule has 1 aliphatic carbocycles. The van der Waals surface area contributed by atoms with Crippen molar-refractivity contribution in [1.29, 1.82) is 5.26 Å². The van der Waals surface area contributed by atoms with E-state index in [1.54, 1.807) is 11.5 Å². The topological polar surface area (TPSA) is 72.1 Å². The van der Waals surface area contributed by atoms with Crippen molar-refractivity contribution in [3.8, 4) is 6.07 Å². The maximum Gasteiger partial charge on any atom is 0.344 e. The molecule has 5 nitrogen and oxygen atoms in total. The molecule has 1 saturated carbocycles. The first-order chi connectivity index (χ1) is 12.0. The zero-order valence-corrected chi connectivity index (χ0v) is 14.2. The number of thioether (sulfide) groups is 1. The van der Waals surface area contributed by atoms with Crippen molar-refractivity contribution in [1.82, 2.24) is 4.57 Å². The van der Waals surface area contributed by atoms with Crippen LogP contribution in [-0.2, 0) is 4.74 Å². The number of carbonyl (C=O) groups excluding carboxylic acids is 1. The second kappa shape index (κ2) is 6.84. The summed E-state index contributed by atoms with van der Waals surface area (Å²) in [4.78, 5) is 25.1. The molecule has 1 aromatic heterocycles. The highest BCUT2D eigenvalue weighted by Gasteiger charge is 2.32. The monoisotopic (exact) mass is 364 g/mol. The zero-order chi connectivity index (χ0) is 18.1. The van der Waals surface area contributed by atoms with Gasteiger partial charge in [-0.3, -0.25) is 4.79 Å². The van der Waals surface area contributed by atoms with Gasteiger partial charge in [-0.05, 0) is 25.8 Å². The maximum atomic E-state index is 13.8. The van der Waals surface area contributed by atoms with Gasteiger partial charge in [0.1, 0.15) is 5.56 Å². The molecule has 3 rings (SSSR count).